The summed E-state index contributed by atoms with van der Waals surface area (Å²) in [6, 6.07) is 15.6. The fraction of sp³-hybridized carbons (Fsp3) is 0.118. The average Bonchev–Trinajstić information content (AvgIpc) is 3.09. The molecular formula is C17H12ClN3OS2. The van der Waals surface area contributed by atoms with E-state index in [1.807, 2.05) is 36.4 Å². The topological polar surface area (TPSA) is 51.3 Å². The van der Waals surface area contributed by atoms with E-state index in [1.165, 1.54) is 5.56 Å². The van der Waals surface area contributed by atoms with E-state index in [0.717, 1.165) is 21.4 Å². The lowest BCUT2D eigenvalue weighted by molar-refractivity contribution is 0.425. The van der Waals surface area contributed by atoms with Crippen LogP contribution in [0, 0.1) is 0 Å². The Morgan fingerprint density at radius 3 is 2.88 bits per heavy atom. The molecule has 0 N–H and O–H groups in total. The van der Waals surface area contributed by atoms with Crippen molar-refractivity contribution >= 4 is 45.2 Å². The summed E-state index contributed by atoms with van der Waals surface area (Å²) in [5.74, 6) is 2.64. The highest BCUT2D eigenvalue weighted by Crippen LogP contribution is 2.35. The molecule has 0 fully saturated rings. The molecule has 120 valence electrons. The molecule has 1 aromatic heterocycles. The normalized spacial score (nSPS) is 13.5. The van der Waals surface area contributed by atoms with Gasteiger partial charge in [0.2, 0.25) is 0 Å². The van der Waals surface area contributed by atoms with Gasteiger partial charge in [0.05, 0.1) is 22.0 Å². The summed E-state index contributed by atoms with van der Waals surface area (Å²) in [5.41, 5.74) is 3.07. The van der Waals surface area contributed by atoms with Crippen molar-refractivity contribution in [3.05, 3.63) is 64.9 Å². The first-order chi connectivity index (χ1) is 11.8. The fourth-order valence-corrected chi connectivity index (χ4v) is 4.39. The van der Waals surface area contributed by atoms with Crippen molar-refractivity contribution in [2.45, 2.75) is 11.5 Å². The lowest BCUT2D eigenvalue weighted by Crippen LogP contribution is -1.96. The van der Waals surface area contributed by atoms with Gasteiger partial charge in [0, 0.05) is 5.75 Å². The zero-order valence-corrected chi connectivity index (χ0v) is 14.9. The van der Waals surface area contributed by atoms with Crippen LogP contribution in [0.3, 0.4) is 0 Å². The zero-order valence-electron chi connectivity index (χ0n) is 12.5. The van der Waals surface area contributed by atoms with E-state index in [-0.39, 0.29) is 0 Å². The van der Waals surface area contributed by atoms with Crippen molar-refractivity contribution in [2.24, 2.45) is 4.99 Å². The fourth-order valence-electron chi connectivity index (χ4n) is 2.27. The smallest absolute Gasteiger partial charge is 0.259 e. The standard InChI is InChI=1S/C17H12ClN3OS2/c18-13-7-3-2-6-12(13)16-20-15(21-22-16)10-24-17-19-14-8-4-1-5-11(14)9-23-17/h1-8H,9-10H2. The number of hydrogen-bond donors (Lipinski definition) is 0. The van der Waals surface area contributed by atoms with E-state index in [0.29, 0.717) is 22.5 Å². The molecule has 3 aromatic rings. The van der Waals surface area contributed by atoms with E-state index in [2.05, 4.69) is 21.2 Å². The average molecular weight is 374 g/mol. The minimum Gasteiger partial charge on any atom is -0.334 e. The first-order valence-corrected chi connectivity index (χ1v) is 9.64. The van der Waals surface area contributed by atoms with E-state index in [1.54, 1.807) is 29.6 Å². The number of nitrogens with zero attached hydrogens (tertiary/aromatic N) is 3. The number of rotatable bonds is 3. The minimum atomic E-state index is 0.444. The van der Waals surface area contributed by atoms with Crippen molar-refractivity contribution in [2.75, 3.05) is 0 Å². The second-order valence-electron chi connectivity index (χ2n) is 5.08. The van der Waals surface area contributed by atoms with E-state index >= 15 is 0 Å². The van der Waals surface area contributed by atoms with Crippen LogP contribution < -0.4 is 0 Å². The Morgan fingerprint density at radius 1 is 1.12 bits per heavy atom. The van der Waals surface area contributed by atoms with E-state index in [4.69, 9.17) is 16.1 Å². The van der Waals surface area contributed by atoms with Gasteiger partial charge in [-0.15, -0.1) is 0 Å². The van der Waals surface area contributed by atoms with Crippen LogP contribution in [0.15, 0.2) is 58.0 Å². The largest absolute Gasteiger partial charge is 0.334 e. The Labute approximate surface area is 152 Å². The van der Waals surface area contributed by atoms with Crippen LogP contribution in [0.2, 0.25) is 5.02 Å². The van der Waals surface area contributed by atoms with Crippen LogP contribution in [0.4, 0.5) is 5.69 Å². The van der Waals surface area contributed by atoms with Gasteiger partial charge in [0.1, 0.15) is 4.38 Å². The summed E-state index contributed by atoms with van der Waals surface area (Å²) in [6.45, 7) is 0. The number of aliphatic imine (C=N–C) groups is 1. The molecule has 4 rings (SSSR count). The number of thioether (sulfide) groups is 2. The Kier molecular flexibility index (Phi) is 4.60. The Morgan fingerprint density at radius 2 is 1.96 bits per heavy atom. The molecule has 0 unspecified atom stereocenters. The molecule has 7 heteroatoms. The molecule has 0 aliphatic carbocycles. The minimum absolute atomic E-state index is 0.444. The first-order valence-electron chi connectivity index (χ1n) is 7.29. The van der Waals surface area contributed by atoms with Crippen molar-refractivity contribution in [3.8, 4) is 11.5 Å². The van der Waals surface area contributed by atoms with Gasteiger partial charge in [-0.3, -0.25) is 0 Å². The predicted octanol–water partition coefficient (Wildman–Crippen LogP) is 5.56. The van der Waals surface area contributed by atoms with Crippen LogP contribution in [0.5, 0.6) is 0 Å². The van der Waals surface area contributed by atoms with Crippen molar-refractivity contribution < 1.29 is 4.52 Å². The molecule has 4 nitrogen and oxygen atoms in total. The third-order valence-corrected chi connectivity index (χ3v) is 6.02. The summed E-state index contributed by atoms with van der Waals surface area (Å²) in [4.78, 5) is 9.10. The van der Waals surface area contributed by atoms with Gasteiger partial charge >= 0.3 is 0 Å². The first kappa shape index (κ1) is 15.7. The molecule has 0 spiro atoms. The second kappa shape index (κ2) is 7.01. The molecule has 0 saturated heterocycles. The van der Waals surface area contributed by atoms with Crippen molar-refractivity contribution in [3.63, 3.8) is 0 Å². The number of aromatic nitrogens is 2. The summed E-state index contributed by atoms with van der Waals surface area (Å²) in [5, 5.41) is 4.63. The second-order valence-corrected chi connectivity index (χ2v) is 7.67. The van der Waals surface area contributed by atoms with Crippen LogP contribution in [0.1, 0.15) is 11.4 Å². The maximum atomic E-state index is 6.16. The highest BCUT2D eigenvalue weighted by Gasteiger charge is 2.15. The van der Waals surface area contributed by atoms with Gasteiger partial charge in [0.25, 0.3) is 5.89 Å². The van der Waals surface area contributed by atoms with Crippen LogP contribution in [-0.2, 0) is 11.5 Å². The lowest BCUT2D eigenvalue weighted by Gasteiger charge is -2.13. The number of halogens is 1. The summed E-state index contributed by atoms with van der Waals surface area (Å²) in [7, 11) is 0. The Bertz CT molecular complexity index is 910. The molecule has 0 atom stereocenters. The van der Waals surface area contributed by atoms with Crippen LogP contribution in [-0.4, -0.2) is 14.5 Å². The molecule has 0 bridgehead atoms. The monoisotopic (exact) mass is 373 g/mol. The van der Waals surface area contributed by atoms with E-state index < -0.39 is 0 Å². The van der Waals surface area contributed by atoms with Crippen LogP contribution >= 0.6 is 35.1 Å². The third kappa shape index (κ3) is 3.36. The molecule has 2 heterocycles. The highest BCUT2D eigenvalue weighted by molar-refractivity contribution is 8.38. The number of para-hydroxylation sites is 1. The molecule has 0 amide bonds. The van der Waals surface area contributed by atoms with Crippen molar-refractivity contribution in [1.29, 1.82) is 0 Å². The molecule has 1 aliphatic rings. The maximum Gasteiger partial charge on any atom is 0.259 e. The van der Waals surface area contributed by atoms with Gasteiger partial charge < -0.3 is 4.52 Å². The number of hydrogen-bond acceptors (Lipinski definition) is 6. The SMILES string of the molecule is Clc1ccccc1-c1nc(CSC2=Nc3ccccc3CS2)no1. The molecule has 0 saturated carbocycles. The highest BCUT2D eigenvalue weighted by atomic mass is 35.5. The Hall–Kier alpha value is -1.76. The van der Waals surface area contributed by atoms with Crippen LogP contribution in [0.25, 0.3) is 11.5 Å². The summed E-state index contributed by atoms with van der Waals surface area (Å²) < 4.78 is 6.35. The third-order valence-electron chi connectivity index (χ3n) is 3.45. The number of fused-ring (bicyclic) bond motifs is 1. The van der Waals surface area contributed by atoms with Gasteiger partial charge in [0.15, 0.2) is 5.82 Å². The molecule has 0 radical (unpaired) electrons. The van der Waals surface area contributed by atoms with Gasteiger partial charge in [-0.2, -0.15) is 4.98 Å². The summed E-state index contributed by atoms with van der Waals surface area (Å²) in [6.07, 6.45) is 0. The van der Waals surface area contributed by atoms with Gasteiger partial charge in [-0.1, -0.05) is 70.6 Å². The molecule has 24 heavy (non-hydrogen) atoms. The number of benzene rings is 2. The zero-order chi connectivity index (χ0) is 16.4. The summed E-state index contributed by atoms with van der Waals surface area (Å²) >= 11 is 9.52. The lowest BCUT2D eigenvalue weighted by atomic mass is 10.2. The van der Waals surface area contributed by atoms with Gasteiger partial charge in [-0.05, 0) is 23.8 Å². The molecular weight excluding hydrogens is 362 g/mol. The van der Waals surface area contributed by atoms with Gasteiger partial charge in [-0.25, -0.2) is 4.99 Å². The quantitative estimate of drug-likeness (QED) is 0.601. The molecule has 2 aromatic carbocycles. The Balaban J connectivity index is 1.46. The maximum absolute atomic E-state index is 6.16. The predicted molar refractivity (Wildman–Crippen MR) is 101 cm³/mol. The van der Waals surface area contributed by atoms with Crippen molar-refractivity contribution in [1.82, 2.24) is 10.1 Å². The molecule has 1 aliphatic heterocycles. The van der Waals surface area contributed by atoms with E-state index in [9.17, 15) is 0 Å².